The molecule has 0 aromatic heterocycles. The average Bonchev–Trinajstić information content (AvgIpc) is 0.980. The van der Waals surface area contributed by atoms with Gasteiger partial charge in [0.25, 0.3) is 0 Å². The van der Waals surface area contributed by atoms with Crippen LogP contribution in [0.2, 0.25) is 0 Å². The zero-order chi connectivity index (χ0) is 64.1. The van der Waals surface area contributed by atoms with Crippen LogP contribution in [0.4, 0.5) is 0 Å². The smallest absolute Gasteiger partial charge is 0.187 e. The number of hydrogen-bond acceptors (Lipinski definition) is 39. The molecule has 30 aliphatic rings. The number of ether oxygens (including phenoxy) is 16. The first-order valence-corrected chi connectivity index (χ1v) is 28.5. The van der Waals surface area contributed by atoms with Crippen LogP contribution in [-0.4, -0.2) is 410 Å². The monoisotopic (exact) mass is 1290 g/mol. The Balaban J connectivity index is 0.975. The van der Waals surface area contributed by atoms with Crippen molar-refractivity contribution in [2.45, 2.75) is 246 Å². The fourth-order valence-electron chi connectivity index (χ4n) is 12.1. The Morgan fingerprint density at radius 1 is 0.170 bits per heavy atom. The maximum Gasteiger partial charge on any atom is 0.187 e. The van der Waals surface area contributed by atoms with Crippen LogP contribution in [0, 0.1) is 5.92 Å². The van der Waals surface area contributed by atoms with E-state index in [0.29, 0.717) is 0 Å². The minimum atomic E-state index is -2.24. The molecule has 30 saturated heterocycles. The molecule has 16 bridgehead atoms. The average molecular weight is 1300 g/mol. The molecule has 39 heteroatoms. The van der Waals surface area contributed by atoms with E-state index < -0.39 is 298 Å². The zero-order valence-electron chi connectivity index (χ0n) is 46.6. The summed E-state index contributed by atoms with van der Waals surface area (Å²) in [6, 6.07) is 0. The Bertz CT molecular complexity index is 1700. The fourth-order valence-corrected chi connectivity index (χ4v) is 12.1. The lowest BCUT2D eigenvalue weighted by atomic mass is 9.91. The summed E-state index contributed by atoms with van der Waals surface area (Å²) in [5, 5.41) is 254. The van der Waals surface area contributed by atoms with Crippen molar-refractivity contribution in [3.8, 4) is 0 Å². The third-order valence-electron chi connectivity index (χ3n) is 17.2. The predicted octanol–water partition coefficient (Wildman–Crippen LogP) is -16.1. The molecule has 39 nitrogen and oxygen atoms in total. The Morgan fingerprint density at radius 3 is 0.443 bits per heavy atom. The molecular weight excluding hydrogens is 1210 g/mol. The van der Waals surface area contributed by atoms with E-state index in [1.165, 1.54) is 6.92 Å². The van der Waals surface area contributed by atoms with Crippen molar-refractivity contribution in [3.63, 3.8) is 0 Å². The van der Waals surface area contributed by atoms with Crippen molar-refractivity contribution in [2.75, 3.05) is 52.9 Å². The molecule has 40 atom stereocenters. The number of aliphatic hydroxyl groups is 23. The molecule has 16 unspecified atom stereocenters. The van der Waals surface area contributed by atoms with Crippen LogP contribution >= 0.6 is 0 Å². The lowest BCUT2D eigenvalue weighted by Gasteiger charge is -2.51. The normalized spacial score (nSPS) is 55.4. The van der Waals surface area contributed by atoms with Gasteiger partial charge in [0.05, 0.1) is 59.0 Å². The molecule has 0 spiro atoms. The number of aliphatic hydroxyl groups excluding tert-OH is 23. The van der Waals surface area contributed by atoms with Crippen molar-refractivity contribution >= 4 is 0 Å². The summed E-state index contributed by atoms with van der Waals surface area (Å²) in [4.78, 5) is 0. The Morgan fingerprint density at radius 2 is 0.295 bits per heavy atom. The second-order valence-electron chi connectivity index (χ2n) is 22.8. The van der Waals surface area contributed by atoms with Crippen LogP contribution in [0.15, 0.2) is 0 Å². The summed E-state index contributed by atoms with van der Waals surface area (Å²) in [5.74, 6) is -1.25. The van der Waals surface area contributed by atoms with E-state index in [0.717, 1.165) is 0 Å². The molecule has 30 fully saturated rings. The lowest BCUT2D eigenvalue weighted by molar-refractivity contribution is -0.402. The molecule has 23 N–H and O–H groups in total. The summed E-state index contributed by atoms with van der Waals surface area (Å²) < 4.78 is 92.1. The van der Waals surface area contributed by atoms with Crippen LogP contribution < -0.4 is 0 Å². The Hall–Kier alpha value is -1.56. The molecule has 512 valence electrons. The van der Waals surface area contributed by atoms with Gasteiger partial charge in [0, 0.05) is 5.92 Å². The topological polar surface area (TPSA) is 613 Å². The highest BCUT2D eigenvalue weighted by Crippen LogP contribution is 2.40. The van der Waals surface area contributed by atoms with Crippen molar-refractivity contribution < 1.29 is 193 Å². The SMILES string of the molecule is CC1[C@@H]2OC(CO)[C@@H](O[C@H]3OC(CO)[C@@H](O[C@@H]4OC(CO)[C@@H](O[C@H]5OC(CO)[C@@H](O[C@H]6OC(CO)[C@@H](O[C@H]7OC(CO)[C@@H](O[C@H]8OC(CO)[C@@H](O[C@H]9OC(CO)[C@@H](O2)[C@H](O)C9O)[C@H](O)C8O)[C@H](O)C7O)[C@H](O)C6O)[C@H](O)C5O)[C@H](O)C4O)[C@H](O)C3O)[C@@H]1O. The van der Waals surface area contributed by atoms with Crippen molar-refractivity contribution in [3.05, 3.63) is 0 Å². The van der Waals surface area contributed by atoms with Crippen molar-refractivity contribution in [2.24, 2.45) is 5.92 Å². The highest BCUT2D eigenvalue weighted by atomic mass is 16.8. The number of hydrogen-bond donors (Lipinski definition) is 23. The molecule has 30 aliphatic heterocycles. The van der Waals surface area contributed by atoms with Gasteiger partial charge in [-0.05, 0) is 0 Å². The van der Waals surface area contributed by atoms with Gasteiger partial charge in [0.15, 0.2) is 50.3 Å². The molecule has 30 heterocycles. The first kappa shape index (κ1) is 70.7. The molecule has 0 saturated carbocycles. The maximum absolute atomic E-state index is 11.6. The minimum absolute atomic E-state index is 0.969. The second-order valence-corrected chi connectivity index (χ2v) is 22.8. The molecule has 0 aromatic rings. The molecular formula is C49H82O39. The molecule has 0 amide bonds. The number of rotatable bonds is 8. The maximum atomic E-state index is 11.6. The third-order valence-corrected chi connectivity index (χ3v) is 17.2. The van der Waals surface area contributed by atoms with Gasteiger partial charge in [0.2, 0.25) is 0 Å². The van der Waals surface area contributed by atoms with E-state index >= 15 is 0 Å². The zero-order valence-corrected chi connectivity index (χ0v) is 46.6. The fraction of sp³-hybridized carbons (Fsp3) is 1.00. The highest BCUT2D eigenvalue weighted by Gasteiger charge is 2.60. The van der Waals surface area contributed by atoms with E-state index in [1.54, 1.807) is 0 Å². The summed E-state index contributed by atoms with van der Waals surface area (Å²) in [6.07, 6.45) is -77.0. The van der Waals surface area contributed by atoms with E-state index in [4.69, 9.17) is 75.8 Å². The van der Waals surface area contributed by atoms with E-state index in [2.05, 4.69) is 0 Å². The van der Waals surface area contributed by atoms with E-state index in [1.807, 2.05) is 0 Å². The van der Waals surface area contributed by atoms with Crippen LogP contribution in [-0.2, 0) is 75.8 Å². The quantitative estimate of drug-likeness (QED) is 0.107. The van der Waals surface area contributed by atoms with Crippen molar-refractivity contribution in [1.29, 1.82) is 0 Å². The van der Waals surface area contributed by atoms with Gasteiger partial charge < -0.3 is 193 Å². The van der Waals surface area contributed by atoms with Crippen LogP contribution in [0.25, 0.3) is 0 Å². The predicted molar refractivity (Wildman–Crippen MR) is 264 cm³/mol. The standard InChI is InChI=1S/C49H82O39/c1-10-19(58)34-11(2-50)73-42(10)81-35-12(3-51)74-44(27(66)20(35)59)83-37-14(5-53)76-46(29(68)22(37)61)85-39-16(7-55)78-48(31(70)24(39)63)87-41-18(9-57)80-49(33(72)26(41)65)88-40-17(8-56)79-47(32(71)25(40)64)86-38-15(6-54)77-45(30(69)23(38)62)84-36-13(4-52)75-43(82-34)28(67)21(36)60/h10-72H,2-9H2,1H3/t10?,11?,12?,13?,14?,15?,16?,17?,18?,19-,20-,21-,22-,23-,24-,25-,26-,27?,28?,29?,30?,31?,32?,33?,34-,35-,36-,37-,38-,39-,40-,41-,42-,43-,44-,45+,46-,47-,48-,49-/m1/s1. The summed E-state index contributed by atoms with van der Waals surface area (Å²) in [7, 11) is 0. The minimum Gasteiger partial charge on any atom is -0.394 e. The van der Waals surface area contributed by atoms with Crippen LogP contribution in [0.5, 0.6) is 0 Å². The van der Waals surface area contributed by atoms with Gasteiger partial charge in [-0.1, -0.05) is 6.92 Å². The Labute approximate surface area is 497 Å². The summed E-state index contributed by atoms with van der Waals surface area (Å²) >= 11 is 0. The molecule has 0 aromatic carbocycles. The lowest BCUT2D eigenvalue weighted by Crippen LogP contribution is -2.68. The van der Waals surface area contributed by atoms with Crippen LogP contribution in [0.1, 0.15) is 6.92 Å². The second kappa shape index (κ2) is 30.0. The van der Waals surface area contributed by atoms with Gasteiger partial charge in [-0.25, -0.2) is 0 Å². The van der Waals surface area contributed by atoms with E-state index in [9.17, 15) is 117 Å². The van der Waals surface area contributed by atoms with Gasteiger partial charge >= 0.3 is 0 Å². The van der Waals surface area contributed by atoms with Crippen LogP contribution in [0.3, 0.4) is 0 Å². The van der Waals surface area contributed by atoms with Gasteiger partial charge in [-0.2, -0.15) is 0 Å². The summed E-state index contributed by atoms with van der Waals surface area (Å²) in [6.45, 7) is -6.99. The largest absolute Gasteiger partial charge is 0.394 e. The van der Waals surface area contributed by atoms with Crippen molar-refractivity contribution in [1.82, 2.24) is 0 Å². The molecule has 88 heavy (non-hydrogen) atoms. The van der Waals surface area contributed by atoms with Gasteiger partial charge in [-0.3, -0.25) is 0 Å². The Kier molecular flexibility index (Phi) is 24.1. The van der Waals surface area contributed by atoms with Gasteiger partial charge in [-0.15, -0.1) is 0 Å². The first-order chi connectivity index (χ1) is 41.9. The molecule has 0 radical (unpaired) electrons. The molecule has 0 aliphatic carbocycles. The van der Waals surface area contributed by atoms with Gasteiger partial charge in [0.1, 0.15) is 183 Å². The molecule has 30 rings (SSSR count). The first-order valence-electron chi connectivity index (χ1n) is 28.5. The third kappa shape index (κ3) is 13.8. The highest BCUT2D eigenvalue weighted by molar-refractivity contribution is 5.02. The van der Waals surface area contributed by atoms with E-state index in [-0.39, 0.29) is 0 Å². The summed E-state index contributed by atoms with van der Waals surface area (Å²) in [5.41, 5.74) is 0.